The number of aromatic nitrogens is 2. The molecule has 1 atom stereocenters. The van der Waals surface area contributed by atoms with Crippen molar-refractivity contribution in [2.75, 3.05) is 6.54 Å². The van der Waals surface area contributed by atoms with Crippen molar-refractivity contribution in [2.24, 2.45) is 0 Å². The van der Waals surface area contributed by atoms with Crippen molar-refractivity contribution in [2.45, 2.75) is 33.2 Å². The largest absolute Gasteiger partial charge is 0.329 e. The molecule has 0 saturated carbocycles. The number of benzene rings is 3. The van der Waals surface area contributed by atoms with Gasteiger partial charge in [-0.15, -0.1) is 0 Å². The van der Waals surface area contributed by atoms with Crippen molar-refractivity contribution in [3.63, 3.8) is 0 Å². The molecule has 0 fully saturated rings. The van der Waals surface area contributed by atoms with Gasteiger partial charge in [0.2, 0.25) is 0 Å². The zero-order valence-corrected chi connectivity index (χ0v) is 19.0. The van der Waals surface area contributed by atoms with Gasteiger partial charge in [0.1, 0.15) is 11.6 Å². The third kappa shape index (κ3) is 4.29. The highest BCUT2D eigenvalue weighted by molar-refractivity contribution is 5.94. The highest BCUT2D eigenvalue weighted by atomic mass is 19.1. The first kappa shape index (κ1) is 22.4. The van der Waals surface area contributed by atoms with E-state index in [1.807, 2.05) is 51.1 Å². The molecule has 0 spiro atoms. The van der Waals surface area contributed by atoms with Crippen molar-refractivity contribution in [3.05, 3.63) is 106 Å². The number of para-hydroxylation sites is 1. The highest BCUT2D eigenvalue weighted by Gasteiger charge is 2.28. The minimum Gasteiger partial charge on any atom is -0.329 e. The fraction of sp³-hybridized carbons (Fsp3) is 0.222. The van der Waals surface area contributed by atoms with Crippen molar-refractivity contribution in [1.29, 1.82) is 0 Å². The molecule has 0 aliphatic rings. The summed E-state index contributed by atoms with van der Waals surface area (Å²) in [5.74, 6) is -0.570. The Labute approximate surface area is 192 Å². The second-order valence-corrected chi connectivity index (χ2v) is 8.12. The van der Waals surface area contributed by atoms with Gasteiger partial charge in [0.05, 0.1) is 28.2 Å². The topological polar surface area (TPSA) is 55.2 Å². The fourth-order valence-electron chi connectivity index (χ4n) is 4.01. The molecule has 0 saturated heterocycles. The number of carbonyl (C=O) groups is 1. The molecule has 168 valence electrons. The Morgan fingerprint density at radius 3 is 2.39 bits per heavy atom. The van der Waals surface area contributed by atoms with E-state index in [-0.39, 0.29) is 11.1 Å². The van der Waals surface area contributed by atoms with Gasteiger partial charge < -0.3 is 4.90 Å². The molecule has 0 aliphatic heterocycles. The van der Waals surface area contributed by atoms with Crippen LogP contribution in [0.4, 0.5) is 4.39 Å². The second kappa shape index (κ2) is 9.36. The quantitative estimate of drug-likeness (QED) is 0.398. The van der Waals surface area contributed by atoms with Crippen LogP contribution in [-0.2, 0) is 0 Å². The normalized spacial score (nSPS) is 12.0. The summed E-state index contributed by atoms with van der Waals surface area (Å²) in [6.45, 7) is 6.15. The van der Waals surface area contributed by atoms with E-state index >= 15 is 0 Å². The lowest BCUT2D eigenvalue weighted by Gasteiger charge is -2.30. The molecule has 33 heavy (non-hydrogen) atoms. The van der Waals surface area contributed by atoms with E-state index in [9.17, 15) is 14.0 Å². The molecular weight excluding hydrogens is 417 g/mol. The molecule has 1 unspecified atom stereocenters. The molecule has 1 heterocycles. The van der Waals surface area contributed by atoms with Crippen molar-refractivity contribution >= 4 is 16.8 Å². The van der Waals surface area contributed by atoms with Gasteiger partial charge in [0, 0.05) is 6.54 Å². The summed E-state index contributed by atoms with van der Waals surface area (Å²) in [7, 11) is 0. The maximum atomic E-state index is 14.4. The Bertz CT molecular complexity index is 1360. The summed E-state index contributed by atoms with van der Waals surface area (Å²) in [4.78, 5) is 33.3. The third-order valence-corrected chi connectivity index (χ3v) is 5.76. The first-order valence-electron chi connectivity index (χ1n) is 11.1. The SMILES string of the molecule is CCCN(C(=O)c1ccccc1F)C(C)c1nc2ccccc2c(=O)n1-c1ccc(C)cc1. The van der Waals surface area contributed by atoms with Crippen LogP contribution in [0.1, 0.15) is 48.1 Å². The molecule has 0 bridgehead atoms. The van der Waals surface area contributed by atoms with Gasteiger partial charge in [0.25, 0.3) is 11.5 Å². The number of amides is 1. The number of nitrogens with zero attached hydrogens (tertiary/aromatic N) is 3. The van der Waals surface area contributed by atoms with Crippen LogP contribution in [0.5, 0.6) is 0 Å². The first-order valence-corrected chi connectivity index (χ1v) is 11.1. The molecular formula is C27H26FN3O2. The summed E-state index contributed by atoms with van der Waals surface area (Å²) in [5, 5.41) is 0.497. The zero-order chi connectivity index (χ0) is 23.5. The van der Waals surface area contributed by atoms with Gasteiger partial charge in [-0.25, -0.2) is 9.37 Å². The minimum absolute atomic E-state index is 0.00261. The van der Waals surface area contributed by atoms with Gasteiger partial charge in [-0.3, -0.25) is 14.2 Å². The van der Waals surface area contributed by atoms with E-state index in [0.29, 0.717) is 35.4 Å². The van der Waals surface area contributed by atoms with Gasteiger partial charge in [-0.1, -0.05) is 48.9 Å². The molecule has 0 radical (unpaired) electrons. The van der Waals surface area contributed by atoms with E-state index < -0.39 is 17.8 Å². The van der Waals surface area contributed by atoms with Gasteiger partial charge in [-0.05, 0) is 56.7 Å². The lowest BCUT2D eigenvalue weighted by atomic mass is 10.1. The molecule has 6 heteroatoms. The molecule has 1 aromatic heterocycles. The lowest BCUT2D eigenvalue weighted by Crippen LogP contribution is -2.38. The van der Waals surface area contributed by atoms with Crippen LogP contribution < -0.4 is 5.56 Å². The summed E-state index contributed by atoms with van der Waals surface area (Å²) in [6, 6.07) is 20.1. The van der Waals surface area contributed by atoms with Crippen LogP contribution in [0.2, 0.25) is 0 Å². The number of fused-ring (bicyclic) bond motifs is 1. The summed E-state index contributed by atoms with van der Waals surface area (Å²) in [6.07, 6.45) is 0.673. The Morgan fingerprint density at radius 2 is 1.70 bits per heavy atom. The van der Waals surface area contributed by atoms with E-state index in [2.05, 4.69) is 0 Å². The van der Waals surface area contributed by atoms with Crippen LogP contribution in [0.15, 0.2) is 77.6 Å². The van der Waals surface area contributed by atoms with Crippen LogP contribution in [0, 0.1) is 12.7 Å². The van der Waals surface area contributed by atoms with Crippen molar-refractivity contribution < 1.29 is 9.18 Å². The lowest BCUT2D eigenvalue weighted by molar-refractivity contribution is 0.0676. The van der Waals surface area contributed by atoms with E-state index in [1.165, 1.54) is 12.1 Å². The Hall–Kier alpha value is -3.80. The summed E-state index contributed by atoms with van der Waals surface area (Å²) < 4.78 is 16.0. The monoisotopic (exact) mass is 443 g/mol. The predicted octanol–water partition coefficient (Wildman–Crippen LogP) is 5.45. The molecule has 4 aromatic rings. The maximum absolute atomic E-state index is 14.4. The predicted molar refractivity (Wildman–Crippen MR) is 128 cm³/mol. The molecule has 1 amide bonds. The first-order chi connectivity index (χ1) is 15.9. The van der Waals surface area contributed by atoms with Crippen LogP contribution in [0.3, 0.4) is 0 Å². The Morgan fingerprint density at radius 1 is 1.03 bits per heavy atom. The van der Waals surface area contributed by atoms with Crippen molar-refractivity contribution in [1.82, 2.24) is 14.5 Å². The Balaban J connectivity index is 1.92. The number of rotatable bonds is 6. The third-order valence-electron chi connectivity index (χ3n) is 5.76. The fourth-order valence-corrected chi connectivity index (χ4v) is 4.01. The molecule has 0 aliphatic carbocycles. The van der Waals surface area contributed by atoms with Gasteiger partial charge in [0.15, 0.2) is 0 Å². The van der Waals surface area contributed by atoms with Crippen LogP contribution in [0.25, 0.3) is 16.6 Å². The average molecular weight is 444 g/mol. The van der Waals surface area contributed by atoms with Crippen LogP contribution >= 0.6 is 0 Å². The minimum atomic E-state index is -0.573. The Kier molecular flexibility index (Phi) is 6.36. The number of halogens is 1. The van der Waals surface area contributed by atoms with Crippen molar-refractivity contribution in [3.8, 4) is 5.69 Å². The smallest absolute Gasteiger partial charge is 0.266 e. The van der Waals surface area contributed by atoms with E-state index in [4.69, 9.17) is 4.98 Å². The van der Waals surface area contributed by atoms with Gasteiger partial charge >= 0.3 is 0 Å². The second-order valence-electron chi connectivity index (χ2n) is 8.12. The summed E-state index contributed by atoms with van der Waals surface area (Å²) >= 11 is 0. The number of aryl methyl sites for hydroxylation is 1. The number of carbonyl (C=O) groups excluding carboxylic acids is 1. The van der Waals surface area contributed by atoms with E-state index in [0.717, 1.165) is 5.56 Å². The highest BCUT2D eigenvalue weighted by Crippen LogP contribution is 2.25. The molecule has 5 nitrogen and oxygen atoms in total. The molecule has 3 aromatic carbocycles. The zero-order valence-electron chi connectivity index (χ0n) is 19.0. The average Bonchev–Trinajstić information content (AvgIpc) is 2.83. The maximum Gasteiger partial charge on any atom is 0.266 e. The van der Waals surface area contributed by atoms with E-state index in [1.54, 1.807) is 39.8 Å². The summed E-state index contributed by atoms with van der Waals surface area (Å²) in [5.41, 5.74) is 2.09. The number of hydrogen-bond acceptors (Lipinski definition) is 3. The van der Waals surface area contributed by atoms with Crippen LogP contribution in [-0.4, -0.2) is 26.9 Å². The van der Waals surface area contributed by atoms with Gasteiger partial charge in [-0.2, -0.15) is 0 Å². The molecule has 4 rings (SSSR count). The standard InChI is InChI=1S/C27H26FN3O2/c1-4-17-30(26(32)21-9-5-7-11-23(21)28)19(3)25-29-24-12-8-6-10-22(24)27(33)31(25)20-15-13-18(2)14-16-20/h5-16,19H,4,17H2,1-3H3. The number of hydrogen-bond donors (Lipinski definition) is 0. The molecule has 0 N–H and O–H groups in total.